The van der Waals surface area contributed by atoms with Crippen LogP contribution in [0, 0.1) is 24.2 Å². The van der Waals surface area contributed by atoms with E-state index < -0.39 is 0 Å². The number of hydrogen-bond donors (Lipinski definition) is 0. The number of carbonyl (C=O) groups excluding carboxylic acids is 1. The summed E-state index contributed by atoms with van der Waals surface area (Å²) in [6, 6.07) is 15.9. The van der Waals surface area contributed by atoms with Crippen molar-refractivity contribution in [2.75, 3.05) is 6.54 Å². The van der Waals surface area contributed by atoms with E-state index in [4.69, 9.17) is 11.6 Å². The Morgan fingerprint density at radius 1 is 1.19 bits per heavy atom. The largest absolute Gasteiger partial charge is 0.337 e. The average Bonchev–Trinajstić information content (AvgIpc) is 2.62. The van der Waals surface area contributed by atoms with E-state index in [0.717, 1.165) is 24.0 Å². The zero-order chi connectivity index (χ0) is 19.4. The summed E-state index contributed by atoms with van der Waals surface area (Å²) in [5, 5.41) is 0.685. The van der Waals surface area contributed by atoms with Gasteiger partial charge < -0.3 is 4.90 Å². The van der Waals surface area contributed by atoms with Crippen molar-refractivity contribution in [1.82, 2.24) is 4.90 Å². The lowest BCUT2D eigenvalue weighted by Gasteiger charge is -2.47. The molecule has 1 amide bonds. The molecule has 0 bridgehead atoms. The Morgan fingerprint density at radius 3 is 2.67 bits per heavy atom. The van der Waals surface area contributed by atoms with Crippen molar-refractivity contribution in [3.05, 3.63) is 81.9 Å². The summed E-state index contributed by atoms with van der Waals surface area (Å²) in [5.41, 5.74) is 4.30. The van der Waals surface area contributed by atoms with Crippen LogP contribution < -0.4 is 0 Å². The minimum Gasteiger partial charge on any atom is -0.337 e. The Balaban J connectivity index is 1.95. The number of piperidine rings is 1. The maximum atomic E-state index is 11.7. The second kappa shape index (κ2) is 8.03. The SMILES string of the molecule is Cc1cccc(C#C/C=C2\CCN(C=O)C(c3cccc(Cl)c3)C2(C)C)c1. The lowest BCUT2D eigenvalue weighted by molar-refractivity contribution is -0.123. The average molecular weight is 378 g/mol. The van der Waals surface area contributed by atoms with Crippen molar-refractivity contribution in [2.24, 2.45) is 5.41 Å². The molecule has 0 radical (unpaired) electrons. The first-order chi connectivity index (χ1) is 12.9. The summed E-state index contributed by atoms with van der Waals surface area (Å²) in [6.07, 6.45) is 3.80. The number of likely N-dealkylation sites (tertiary alicyclic amines) is 1. The molecule has 0 aromatic heterocycles. The minimum atomic E-state index is -0.231. The molecular formula is C24H24ClNO. The fourth-order valence-electron chi connectivity index (χ4n) is 3.88. The van der Waals surface area contributed by atoms with Gasteiger partial charge in [-0.2, -0.15) is 0 Å². The molecule has 0 N–H and O–H groups in total. The Bertz CT molecular complexity index is 933. The van der Waals surface area contributed by atoms with Gasteiger partial charge in [-0.15, -0.1) is 0 Å². The lowest BCUT2D eigenvalue weighted by atomic mass is 9.70. The number of nitrogens with zero attached hydrogens (tertiary/aromatic N) is 1. The quantitative estimate of drug-likeness (QED) is 0.496. The van der Waals surface area contributed by atoms with Gasteiger partial charge in [-0.1, -0.05) is 67.1 Å². The van der Waals surface area contributed by atoms with Gasteiger partial charge in [0, 0.05) is 22.5 Å². The lowest BCUT2D eigenvalue weighted by Crippen LogP contribution is -2.44. The van der Waals surface area contributed by atoms with E-state index in [1.165, 1.54) is 11.1 Å². The zero-order valence-electron chi connectivity index (χ0n) is 16.0. The van der Waals surface area contributed by atoms with Crippen molar-refractivity contribution < 1.29 is 4.79 Å². The topological polar surface area (TPSA) is 20.3 Å². The van der Waals surface area contributed by atoms with E-state index in [9.17, 15) is 4.79 Å². The van der Waals surface area contributed by atoms with Gasteiger partial charge in [0.05, 0.1) is 6.04 Å². The van der Waals surface area contributed by atoms with Crippen LogP contribution in [0.5, 0.6) is 0 Å². The van der Waals surface area contributed by atoms with Crippen LogP contribution in [0.15, 0.2) is 60.2 Å². The first kappa shape index (κ1) is 19.3. The van der Waals surface area contributed by atoms with Crippen molar-refractivity contribution in [3.8, 4) is 11.8 Å². The van der Waals surface area contributed by atoms with Gasteiger partial charge in [0.2, 0.25) is 6.41 Å². The number of allylic oxidation sites excluding steroid dienone is 1. The van der Waals surface area contributed by atoms with Crippen molar-refractivity contribution >= 4 is 18.0 Å². The van der Waals surface area contributed by atoms with Crippen LogP contribution in [-0.2, 0) is 4.79 Å². The molecule has 138 valence electrons. The molecule has 0 spiro atoms. The Kier molecular flexibility index (Phi) is 5.73. The number of aryl methyl sites for hydroxylation is 1. The van der Waals surface area contributed by atoms with E-state index in [2.05, 4.69) is 44.7 Å². The fraction of sp³-hybridized carbons (Fsp3) is 0.292. The van der Waals surface area contributed by atoms with Crippen molar-refractivity contribution in [2.45, 2.75) is 33.2 Å². The van der Waals surface area contributed by atoms with Crippen LogP contribution in [0.4, 0.5) is 0 Å². The van der Waals surface area contributed by atoms with Crippen molar-refractivity contribution in [1.29, 1.82) is 0 Å². The molecule has 1 saturated heterocycles. The van der Waals surface area contributed by atoms with Gasteiger partial charge >= 0.3 is 0 Å². The smallest absolute Gasteiger partial charge is 0.210 e. The molecular weight excluding hydrogens is 354 g/mol. The van der Waals surface area contributed by atoms with E-state index in [1.807, 2.05) is 47.4 Å². The van der Waals surface area contributed by atoms with Crippen LogP contribution >= 0.6 is 11.6 Å². The number of rotatable bonds is 2. The van der Waals surface area contributed by atoms with E-state index in [0.29, 0.717) is 11.6 Å². The third-order valence-corrected chi connectivity index (χ3v) is 5.50. The van der Waals surface area contributed by atoms with E-state index in [1.54, 1.807) is 0 Å². The second-order valence-corrected chi connectivity index (χ2v) is 8.02. The van der Waals surface area contributed by atoms with E-state index >= 15 is 0 Å². The highest BCUT2D eigenvalue weighted by Gasteiger charge is 2.41. The Morgan fingerprint density at radius 2 is 1.96 bits per heavy atom. The number of benzene rings is 2. The molecule has 0 saturated carbocycles. The summed E-state index contributed by atoms with van der Waals surface area (Å²) in [7, 11) is 0. The normalized spacial score (nSPS) is 20.1. The van der Waals surface area contributed by atoms with Crippen LogP contribution in [0.2, 0.25) is 5.02 Å². The maximum absolute atomic E-state index is 11.7. The molecule has 1 aliphatic heterocycles. The van der Waals surface area contributed by atoms with Crippen LogP contribution in [0.1, 0.15) is 43.0 Å². The predicted molar refractivity (Wildman–Crippen MR) is 112 cm³/mol. The molecule has 1 atom stereocenters. The molecule has 3 rings (SSSR count). The Hall–Kier alpha value is -2.50. The summed E-state index contributed by atoms with van der Waals surface area (Å²) < 4.78 is 0. The third-order valence-electron chi connectivity index (χ3n) is 5.26. The molecule has 1 unspecified atom stereocenters. The standard InChI is InChI=1S/C24H24ClNO/c1-18-7-4-8-19(15-18)9-5-11-21-13-14-26(17-27)23(24(21,2)3)20-10-6-12-22(25)16-20/h4,6-8,10-12,15-17,23H,13-14H2,1-3H3/b21-11+. The van der Waals surface area contributed by atoms with Gasteiger partial charge in [-0.25, -0.2) is 0 Å². The highest BCUT2D eigenvalue weighted by molar-refractivity contribution is 6.30. The van der Waals surface area contributed by atoms with Gasteiger partial charge in [0.25, 0.3) is 0 Å². The molecule has 2 nitrogen and oxygen atoms in total. The molecule has 1 fully saturated rings. The van der Waals surface area contributed by atoms with Crippen LogP contribution in [0.3, 0.4) is 0 Å². The third kappa shape index (κ3) is 4.26. The second-order valence-electron chi connectivity index (χ2n) is 7.58. The molecule has 3 heteroatoms. The molecule has 1 aliphatic rings. The fourth-order valence-corrected chi connectivity index (χ4v) is 4.08. The molecule has 1 heterocycles. The first-order valence-electron chi connectivity index (χ1n) is 9.16. The van der Waals surface area contributed by atoms with Gasteiger partial charge in [0.1, 0.15) is 0 Å². The van der Waals surface area contributed by atoms with Gasteiger partial charge in [-0.05, 0) is 54.8 Å². The molecule has 27 heavy (non-hydrogen) atoms. The monoisotopic (exact) mass is 377 g/mol. The number of halogens is 1. The number of carbonyl (C=O) groups is 1. The Labute approximate surface area is 166 Å². The number of hydrogen-bond acceptors (Lipinski definition) is 1. The van der Waals surface area contributed by atoms with Gasteiger partial charge in [0.15, 0.2) is 0 Å². The predicted octanol–water partition coefficient (Wildman–Crippen LogP) is 5.56. The minimum absolute atomic E-state index is 0.0607. The molecule has 2 aromatic carbocycles. The zero-order valence-corrected chi connectivity index (χ0v) is 16.8. The van der Waals surface area contributed by atoms with Crippen molar-refractivity contribution in [3.63, 3.8) is 0 Å². The molecule has 0 aliphatic carbocycles. The highest BCUT2D eigenvalue weighted by atomic mass is 35.5. The van der Waals surface area contributed by atoms with Crippen LogP contribution in [-0.4, -0.2) is 17.9 Å². The van der Waals surface area contributed by atoms with Gasteiger partial charge in [-0.3, -0.25) is 4.79 Å². The van der Waals surface area contributed by atoms with E-state index in [-0.39, 0.29) is 11.5 Å². The summed E-state index contributed by atoms with van der Waals surface area (Å²) in [4.78, 5) is 13.6. The summed E-state index contributed by atoms with van der Waals surface area (Å²) in [5.74, 6) is 6.45. The first-order valence-corrected chi connectivity index (χ1v) is 9.54. The summed E-state index contributed by atoms with van der Waals surface area (Å²) >= 11 is 6.20. The number of amides is 1. The maximum Gasteiger partial charge on any atom is 0.210 e. The summed E-state index contributed by atoms with van der Waals surface area (Å²) in [6.45, 7) is 7.10. The van der Waals surface area contributed by atoms with Crippen LogP contribution in [0.25, 0.3) is 0 Å². The molecule has 2 aromatic rings. The highest BCUT2D eigenvalue weighted by Crippen LogP contribution is 2.48.